The monoisotopic (exact) mass is 1160 g/mol. The molecule has 15 rings (SSSR count). The fourth-order valence-corrected chi connectivity index (χ4v) is 12.5. The second-order valence-corrected chi connectivity index (χ2v) is 23.2. The van der Waals surface area contributed by atoms with Gasteiger partial charge in [0.2, 0.25) is 34.2 Å². The molecule has 6 aromatic carbocycles. The molecule has 0 atom stereocenters. The number of fused-ring (bicyclic) bond motifs is 9. The van der Waals surface area contributed by atoms with Gasteiger partial charge in [0, 0.05) is 92.5 Å². The molecule has 9 heterocycles. The average molecular weight is 1160 g/mol. The van der Waals surface area contributed by atoms with E-state index in [4.69, 9.17) is 21.5 Å². The van der Waals surface area contributed by atoms with Crippen LogP contribution in [0.25, 0.3) is 133 Å². The van der Waals surface area contributed by atoms with Crippen molar-refractivity contribution in [2.75, 3.05) is 0 Å². The topological polar surface area (TPSA) is 89.7 Å². The zero-order valence-electron chi connectivity index (χ0n) is 57.4. The van der Waals surface area contributed by atoms with E-state index in [2.05, 4.69) is 172 Å². The highest BCUT2D eigenvalue weighted by Gasteiger charge is 2.27. The van der Waals surface area contributed by atoms with Crippen LogP contribution in [0.2, 0.25) is 0 Å². The van der Waals surface area contributed by atoms with Gasteiger partial charge in [-0.1, -0.05) is 115 Å². The number of rotatable bonds is 6. The van der Waals surface area contributed by atoms with Crippen LogP contribution >= 0.6 is 0 Å². The normalized spacial score (nSPS) is 12.8. The number of aryl methyl sites for hydroxylation is 13. The Morgan fingerprint density at radius 2 is 0.716 bits per heavy atom. The molecule has 0 amide bonds. The predicted molar refractivity (Wildman–Crippen MR) is 358 cm³/mol. The lowest BCUT2D eigenvalue weighted by Crippen LogP contribution is -2.31. The zero-order valence-corrected chi connectivity index (χ0v) is 51.4. The van der Waals surface area contributed by atoms with E-state index in [1.54, 1.807) is 12.1 Å². The Hall–Kier alpha value is -10.4. The third-order valence-corrected chi connectivity index (χ3v) is 16.9. The molecule has 0 spiro atoms. The number of furan rings is 3. The van der Waals surface area contributed by atoms with Gasteiger partial charge in [-0.25, -0.2) is 28.7 Å². The lowest BCUT2D eigenvalue weighted by Gasteiger charge is -2.11. The number of hydrogen-bond acceptors (Lipinski definition) is 6. The minimum absolute atomic E-state index is 0.293. The first-order chi connectivity index (χ1) is 44.9. The van der Waals surface area contributed by atoms with Gasteiger partial charge < -0.3 is 13.3 Å². The Kier molecular flexibility index (Phi) is 12.9. The molecule has 432 valence electrons. The zero-order chi connectivity index (χ0) is 66.2. The van der Waals surface area contributed by atoms with E-state index in [1.807, 2.05) is 115 Å². The van der Waals surface area contributed by atoms with Crippen molar-refractivity contribution in [3.05, 3.63) is 251 Å². The summed E-state index contributed by atoms with van der Waals surface area (Å²) in [6, 6.07) is 59.1. The van der Waals surface area contributed by atoms with Gasteiger partial charge in [0.05, 0.1) is 16.7 Å². The van der Waals surface area contributed by atoms with Crippen LogP contribution in [0.15, 0.2) is 208 Å². The van der Waals surface area contributed by atoms with Gasteiger partial charge in [-0.3, -0.25) is 0 Å². The second-order valence-electron chi connectivity index (χ2n) is 23.2. The van der Waals surface area contributed by atoms with Gasteiger partial charge in [0.15, 0.2) is 35.3 Å². The van der Waals surface area contributed by atoms with Crippen molar-refractivity contribution < 1.29 is 35.2 Å². The Morgan fingerprint density at radius 1 is 0.318 bits per heavy atom. The molecule has 88 heavy (non-hydrogen) atoms. The fraction of sp³-hybridized carbons (Fsp3) is 0.165. The quantitative estimate of drug-likeness (QED) is 0.154. The van der Waals surface area contributed by atoms with Crippen molar-refractivity contribution in [3.8, 4) is 67.2 Å². The lowest BCUT2D eigenvalue weighted by molar-refractivity contribution is -0.660. The summed E-state index contributed by atoms with van der Waals surface area (Å²) in [4.78, 5) is 13.7. The van der Waals surface area contributed by atoms with Crippen molar-refractivity contribution >= 4 is 66.2 Å². The summed E-state index contributed by atoms with van der Waals surface area (Å²) in [6.45, 7) is 11.5. The van der Waals surface area contributed by atoms with Crippen LogP contribution < -0.4 is 13.7 Å². The Labute approximate surface area is 521 Å². The van der Waals surface area contributed by atoms with Gasteiger partial charge in [-0.15, -0.1) is 0 Å². The standard InChI is InChI=1S/C27H25N2O.2C26H23N2O/c1-16-14-23(29(5)15-22(16)20-9-7-6-8-10-20)25-18(3)13-17(2)24-21-12-11-19(4)28-27(21)30-26(24)25;1-16-14-17(2)24(25-23(16)21-12-10-18(3)27-26(21)29-25)22-13-11-20(15-28(22)4)19-8-6-5-7-9-19;1-16-10-12-20-21-13-11-18(3)27-26(21)29-25(20)24(16)23-14-17(2)22(15-28(23)4)19-8-6-5-7-9-19/h6-15H,1-5H3;2*5-15H,1-4H3/q3*+1/i2D3;1D3;. The molecule has 0 bridgehead atoms. The fourth-order valence-electron chi connectivity index (χ4n) is 12.5. The molecule has 0 aliphatic heterocycles. The molecular formula is C79H71N6O3+3. The van der Waals surface area contributed by atoms with Gasteiger partial charge >= 0.3 is 0 Å². The Bertz CT molecular complexity index is 5480. The summed E-state index contributed by atoms with van der Waals surface area (Å²) in [5.41, 5.74) is 25.1. The van der Waals surface area contributed by atoms with Crippen LogP contribution in [-0.2, 0) is 21.1 Å². The maximum absolute atomic E-state index is 8.15. The maximum Gasteiger partial charge on any atom is 0.227 e. The average Bonchev–Trinajstić information content (AvgIpc) is 1.55. The minimum Gasteiger partial charge on any atom is -0.437 e. The van der Waals surface area contributed by atoms with Crippen molar-refractivity contribution in [1.29, 1.82) is 0 Å². The smallest absolute Gasteiger partial charge is 0.227 e. The van der Waals surface area contributed by atoms with Crippen LogP contribution in [0, 0.1) is 69.1 Å². The molecule has 0 saturated heterocycles. The van der Waals surface area contributed by atoms with Crippen molar-refractivity contribution in [2.24, 2.45) is 21.1 Å². The van der Waals surface area contributed by atoms with Crippen molar-refractivity contribution in [3.63, 3.8) is 0 Å². The van der Waals surface area contributed by atoms with E-state index >= 15 is 0 Å². The van der Waals surface area contributed by atoms with E-state index in [9.17, 15) is 0 Å². The van der Waals surface area contributed by atoms with E-state index in [0.717, 1.165) is 117 Å². The molecule has 0 unspecified atom stereocenters. The molecule has 9 heteroatoms. The number of benzene rings is 6. The van der Waals surface area contributed by atoms with Crippen LogP contribution in [0.3, 0.4) is 0 Å². The van der Waals surface area contributed by atoms with Gasteiger partial charge in [-0.2, -0.15) is 0 Å². The lowest BCUT2D eigenvalue weighted by atomic mass is 9.95. The molecular weight excluding hydrogens is 1080 g/mol. The van der Waals surface area contributed by atoms with E-state index in [-0.39, 0.29) is 0 Å². The summed E-state index contributed by atoms with van der Waals surface area (Å²) < 4.78 is 73.9. The van der Waals surface area contributed by atoms with Crippen molar-refractivity contribution in [2.45, 2.75) is 69.1 Å². The molecule has 9 aromatic heterocycles. The number of nitrogens with zero attached hydrogens (tertiary/aromatic N) is 6. The van der Waals surface area contributed by atoms with Crippen LogP contribution in [0.1, 0.15) is 64.3 Å². The van der Waals surface area contributed by atoms with Gasteiger partial charge in [0.1, 0.15) is 21.1 Å². The van der Waals surface area contributed by atoms with Gasteiger partial charge in [-0.05, 0) is 167 Å². The first kappa shape index (κ1) is 49.8. The summed E-state index contributed by atoms with van der Waals surface area (Å²) in [5.74, 6) is 0. The number of hydrogen-bond donors (Lipinski definition) is 0. The van der Waals surface area contributed by atoms with Crippen LogP contribution in [-0.4, -0.2) is 15.0 Å². The predicted octanol–water partition coefficient (Wildman–Crippen LogP) is 18.5. The second kappa shape index (κ2) is 22.8. The molecule has 0 aliphatic carbocycles. The Morgan fingerprint density at radius 3 is 1.18 bits per heavy atom. The number of pyridine rings is 6. The summed E-state index contributed by atoms with van der Waals surface area (Å²) in [6.07, 6.45) is 6.41. The van der Waals surface area contributed by atoms with Crippen LogP contribution in [0.4, 0.5) is 0 Å². The van der Waals surface area contributed by atoms with Crippen LogP contribution in [0.5, 0.6) is 0 Å². The Balaban J connectivity index is 0.000000128. The number of aromatic nitrogens is 6. The summed E-state index contributed by atoms with van der Waals surface area (Å²) in [7, 11) is 6.11. The molecule has 0 aliphatic rings. The highest BCUT2D eigenvalue weighted by atomic mass is 16.3. The largest absolute Gasteiger partial charge is 0.437 e. The summed E-state index contributed by atoms with van der Waals surface area (Å²) in [5, 5.41) is 4.85. The molecule has 15 aromatic rings. The minimum atomic E-state index is -2.27. The highest BCUT2D eigenvalue weighted by molar-refractivity contribution is 6.12. The van der Waals surface area contributed by atoms with Gasteiger partial charge in [0.25, 0.3) is 0 Å². The molecule has 9 nitrogen and oxygen atoms in total. The maximum atomic E-state index is 8.15. The molecule has 0 fully saturated rings. The third-order valence-electron chi connectivity index (χ3n) is 16.9. The van der Waals surface area contributed by atoms with E-state index < -0.39 is 13.7 Å². The highest BCUT2D eigenvalue weighted by Crippen LogP contribution is 2.42. The van der Waals surface area contributed by atoms with E-state index in [0.29, 0.717) is 50.2 Å². The molecule has 0 N–H and O–H groups in total. The molecule has 0 radical (unpaired) electrons. The van der Waals surface area contributed by atoms with Crippen molar-refractivity contribution in [1.82, 2.24) is 15.0 Å². The molecule has 0 saturated carbocycles. The first-order valence-corrected chi connectivity index (χ1v) is 29.6. The first-order valence-electron chi connectivity index (χ1n) is 32.6. The van der Waals surface area contributed by atoms with E-state index in [1.165, 1.54) is 22.3 Å². The third kappa shape index (κ3) is 10.3. The SMILES string of the molecule is Cc1ccc2c(n1)oc1c(-c3cc(C)c(-c4ccccc4)c[n+]3C)c(C)ccc12.[2H]C([2H])([2H])c1cc(C)c(-c2cc(C)c(-c3ccccc3)c[n+]2C)c2oc3nc(C)ccc3c12.[2H]C([2H])([2H])c1cc(C)c(-c2ccc(-c3ccccc3)c[n+]2C)c2oc3nc(C)ccc3c12. The summed E-state index contributed by atoms with van der Waals surface area (Å²) >= 11 is 0.